The summed E-state index contributed by atoms with van der Waals surface area (Å²) in [4.78, 5) is 13.1. The number of carbonyl (C=O) groups excluding carboxylic acids is 1. The minimum atomic E-state index is -1.55. The number of rotatable bonds is 58. The minimum Gasteiger partial charge on any atom is -0.394 e. The summed E-state index contributed by atoms with van der Waals surface area (Å²) >= 11 is 0. The molecule has 1 heterocycles. The summed E-state index contributed by atoms with van der Waals surface area (Å²) in [5, 5.41) is 54.8. The highest BCUT2D eigenvalue weighted by Gasteiger charge is 2.44. The Balaban J connectivity index is 2.07. The Morgan fingerprint density at radius 3 is 1.18 bits per heavy atom. The summed E-state index contributed by atoms with van der Waals surface area (Å²) in [5.74, 6) is -0.139. The summed E-state index contributed by atoms with van der Waals surface area (Å²) in [6, 6.07) is -0.719. The Bertz CT molecular complexity index is 1410. The second-order valence-corrected chi connectivity index (χ2v) is 23.2. The molecule has 0 aromatic carbocycles. The van der Waals surface area contributed by atoms with E-state index in [9.17, 15) is 30.3 Å². The third-order valence-corrected chi connectivity index (χ3v) is 15.9. The van der Waals surface area contributed by atoms with Crippen molar-refractivity contribution in [1.82, 2.24) is 5.32 Å². The molecule has 0 spiro atoms. The summed E-state index contributed by atoms with van der Waals surface area (Å²) in [5.41, 5.74) is 0. The fourth-order valence-electron chi connectivity index (χ4n) is 10.7. The second-order valence-electron chi connectivity index (χ2n) is 23.2. The average molecular weight is 1100 g/mol. The zero-order chi connectivity index (χ0) is 56.5. The molecule has 9 heteroatoms. The molecule has 6 N–H and O–H groups in total. The molecule has 0 saturated carbocycles. The second kappa shape index (κ2) is 58.1. The van der Waals surface area contributed by atoms with Crippen molar-refractivity contribution < 1.29 is 39.8 Å². The number of hydrogen-bond donors (Lipinski definition) is 6. The predicted molar refractivity (Wildman–Crippen MR) is 332 cm³/mol. The molecule has 1 rings (SSSR count). The van der Waals surface area contributed by atoms with Crippen LogP contribution in [0.15, 0.2) is 60.8 Å². The van der Waals surface area contributed by atoms with Gasteiger partial charge in [-0.05, 0) is 57.8 Å². The molecule has 78 heavy (non-hydrogen) atoms. The van der Waals surface area contributed by atoms with Gasteiger partial charge in [-0.2, -0.15) is 0 Å². The van der Waals surface area contributed by atoms with E-state index in [4.69, 9.17) is 9.47 Å². The summed E-state index contributed by atoms with van der Waals surface area (Å²) in [6.45, 7) is 3.76. The van der Waals surface area contributed by atoms with Crippen LogP contribution in [-0.4, -0.2) is 87.5 Å². The van der Waals surface area contributed by atoms with E-state index in [-0.39, 0.29) is 12.5 Å². The van der Waals surface area contributed by atoms with Gasteiger partial charge in [-0.3, -0.25) is 4.79 Å². The maximum Gasteiger partial charge on any atom is 0.220 e. The molecule has 0 aromatic heterocycles. The van der Waals surface area contributed by atoms with Crippen molar-refractivity contribution >= 4 is 5.91 Å². The third-order valence-electron chi connectivity index (χ3n) is 15.9. The van der Waals surface area contributed by atoms with Crippen LogP contribution >= 0.6 is 0 Å². The van der Waals surface area contributed by atoms with E-state index < -0.39 is 49.5 Å². The number of nitrogens with one attached hydrogen (secondary N) is 1. The van der Waals surface area contributed by atoms with Crippen LogP contribution in [0, 0.1) is 0 Å². The van der Waals surface area contributed by atoms with Gasteiger partial charge < -0.3 is 40.3 Å². The maximum absolute atomic E-state index is 13.1. The van der Waals surface area contributed by atoms with Gasteiger partial charge in [-0.15, -0.1) is 0 Å². The van der Waals surface area contributed by atoms with Crippen LogP contribution in [0.25, 0.3) is 0 Å². The lowest BCUT2D eigenvalue weighted by Gasteiger charge is -2.40. The lowest BCUT2D eigenvalue weighted by Crippen LogP contribution is -2.60. The molecule has 1 aliphatic heterocycles. The zero-order valence-electron chi connectivity index (χ0n) is 50.9. The number of carbonyl (C=O) groups is 1. The smallest absolute Gasteiger partial charge is 0.220 e. The number of aliphatic hydroxyl groups is 5. The van der Waals surface area contributed by atoms with Crippen LogP contribution in [0.4, 0.5) is 0 Å². The van der Waals surface area contributed by atoms with Crippen LogP contribution < -0.4 is 5.32 Å². The van der Waals surface area contributed by atoms with Gasteiger partial charge >= 0.3 is 0 Å². The predicted octanol–water partition coefficient (Wildman–Crippen LogP) is 17.8. The van der Waals surface area contributed by atoms with E-state index in [0.717, 1.165) is 70.6 Å². The van der Waals surface area contributed by atoms with Gasteiger partial charge in [-0.1, -0.05) is 312 Å². The monoisotopic (exact) mass is 1100 g/mol. The van der Waals surface area contributed by atoms with Gasteiger partial charge in [0.05, 0.1) is 25.4 Å². The van der Waals surface area contributed by atoms with E-state index in [1.165, 1.54) is 218 Å². The largest absolute Gasteiger partial charge is 0.394 e. The third kappa shape index (κ3) is 46.5. The first-order valence-corrected chi connectivity index (χ1v) is 33.5. The quantitative estimate of drug-likeness (QED) is 0.0261. The van der Waals surface area contributed by atoms with Crippen LogP contribution in [-0.2, 0) is 14.3 Å². The molecule has 0 aromatic rings. The van der Waals surface area contributed by atoms with Crippen molar-refractivity contribution in [3.8, 4) is 0 Å². The van der Waals surface area contributed by atoms with Crippen molar-refractivity contribution in [3.63, 3.8) is 0 Å². The standard InChI is InChI=1S/C69H127NO8/c1-3-5-7-9-11-13-15-17-19-21-23-24-25-26-27-28-29-30-31-32-33-34-35-36-37-38-39-40-41-43-45-47-49-51-53-55-57-59-65(73)70-62(61-77-69-68(76)67(75)66(74)64(60-71)78-69)63(72)58-56-54-52-50-48-46-44-42-22-20-18-16-14-12-10-8-6-4-2/h5,7,11,13,17,19,23-24,26-27,62-64,66-69,71-72,74-76H,3-4,6,8-10,12,14-16,18,20-22,25,28-61H2,1-2H3,(H,70,73)/b7-5-,13-11-,19-17-,24-23-,27-26-. The van der Waals surface area contributed by atoms with Gasteiger partial charge in [0.25, 0.3) is 0 Å². The Morgan fingerprint density at radius 2 is 0.795 bits per heavy atom. The number of allylic oxidation sites excluding steroid dienone is 10. The van der Waals surface area contributed by atoms with Gasteiger partial charge in [0.2, 0.25) is 5.91 Å². The molecule has 1 aliphatic rings. The highest BCUT2D eigenvalue weighted by atomic mass is 16.7. The highest BCUT2D eigenvalue weighted by molar-refractivity contribution is 5.76. The van der Waals surface area contributed by atoms with Gasteiger partial charge in [-0.25, -0.2) is 0 Å². The maximum atomic E-state index is 13.1. The van der Waals surface area contributed by atoms with Crippen LogP contribution in [0.2, 0.25) is 0 Å². The average Bonchev–Trinajstić information content (AvgIpc) is 3.45. The first-order chi connectivity index (χ1) is 38.3. The van der Waals surface area contributed by atoms with E-state index >= 15 is 0 Å². The zero-order valence-corrected chi connectivity index (χ0v) is 50.9. The van der Waals surface area contributed by atoms with Crippen molar-refractivity contribution in [1.29, 1.82) is 0 Å². The number of aliphatic hydroxyl groups excluding tert-OH is 5. The number of ether oxygens (including phenoxy) is 2. The summed E-state index contributed by atoms with van der Waals surface area (Å²) in [6.07, 6.45) is 72.8. The first-order valence-electron chi connectivity index (χ1n) is 33.5. The fraction of sp³-hybridized carbons (Fsp3) is 0.841. The molecule has 0 radical (unpaired) electrons. The SMILES string of the molecule is CC/C=C\C/C=C\C/C=C\C/C=C\C/C=C\CCCCCCCCCCCCCCCCCCCCCCCC(=O)NC(COC1OC(CO)C(O)C(O)C1O)C(O)CCCCCCCCCCCCCCCCCCCC. The highest BCUT2D eigenvalue weighted by Crippen LogP contribution is 2.24. The number of unbranched alkanes of at least 4 members (excludes halogenated alkanes) is 38. The molecule has 1 saturated heterocycles. The number of hydrogen-bond acceptors (Lipinski definition) is 8. The van der Waals surface area contributed by atoms with Crippen molar-refractivity contribution in [2.45, 2.75) is 358 Å². The van der Waals surface area contributed by atoms with Crippen molar-refractivity contribution in [2.24, 2.45) is 0 Å². The van der Waals surface area contributed by atoms with Crippen molar-refractivity contribution in [2.75, 3.05) is 13.2 Å². The van der Waals surface area contributed by atoms with Gasteiger partial charge in [0.15, 0.2) is 6.29 Å². The van der Waals surface area contributed by atoms with E-state index in [2.05, 4.69) is 79.9 Å². The Morgan fingerprint density at radius 1 is 0.449 bits per heavy atom. The van der Waals surface area contributed by atoms with Gasteiger partial charge in [0.1, 0.15) is 24.4 Å². The molecule has 0 bridgehead atoms. The lowest BCUT2D eigenvalue weighted by molar-refractivity contribution is -0.302. The van der Waals surface area contributed by atoms with E-state index in [1.807, 2.05) is 0 Å². The van der Waals surface area contributed by atoms with Crippen LogP contribution in [0.1, 0.15) is 316 Å². The lowest BCUT2D eigenvalue weighted by atomic mass is 9.99. The minimum absolute atomic E-state index is 0.135. The molecular weight excluding hydrogens is 971 g/mol. The molecular formula is C69H127NO8. The molecule has 9 nitrogen and oxygen atoms in total. The van der Waals surface area contributed by atoms with Crippen molar-refractivity contribution in [3.05, 3.63) is 60.8 Å². The molecule has 1 amide bonds. The van der Waals surface area contributed by atoms with Crippen LogP contribution in [0.5, 0.6) is 0 Å². The Labute approximate surface area is 481 Å². The summed E-state index contributed by atoms with van der Waals surface area (Å²) in [7, 11) is 0. The Hall–Kier alpha value is -2.11. The normalized spacial score (nSPS) is 19.0. The molecule has 0 aliphatic carbocycles. The Kier molecular flexibility index (Phi) is 55.0. The molecule has 7 unspecified atom stereocenters. The summed E-state index contributed by atoms with van der Waals surface area (Å²) < 4.78 is 11.3. The topological polar surface area (TPSA) is 149 Å². The molecule has 7 atom stereocenters. The number of amides is 1. The van der Waals surface area contributed by atoms with Crippen LogP contribution in [0.3, 0.4) is 0 Å². The molecule has 1 fully saturated rings. The van der Waals surface area contributed by atoms with Gasteiger partial charge in [0, 0.05) is 6.42 Å². The molecule has 456 valence electrons. The first kappa shape index (κ1) is 73.9. The van der Waals surface area contributed by atoms with E-state index in [1.54, 1.807) is 0 Å². The fourth-order valence-corrected chi connectivity index (χ4v) is 10.7. The van der Waals surface area contributed by atoms with E-state index in [0.29, 0.717) is 12.8 Å².